The molecule has 2 unspecified atom stereocenters. The van der Waals surface area contributed by atoms with Gasteiger partial charge in [0.2, 0.25) is 0 Å². The van der Waals surface area contributed by atoms with Crippen LogP contribution in [0.15, 0.2) is 24.3 Å². The van der Waals surface area contributed by atoms with Gasteiger partial charge in [-0.25, -0.2) is 0 Å². The average molecular weight is 219 g/mol. The first kappa shape index (κ1) is 12.2. The number of nitrogens with zero attached hydrogens (tertiary/aromatic N) is 1. The molecule has 0 spiro atoms. The Kier molecular flexibility index (Phi) is 4.00. The van der Waals surface area contributed by atoms with E-state index in [9.17, 15) is 10.2 Å². The highest BCUT2D eigenvalue weighted by Crippen LogP contribution is 2.22. The van der Waals surface area contributed by atoms with Gasteiger partial charge in [0.15, 0.2) is 0 Å². The summed E-state index contributed by atoms with van der Waals surface area (Å²) in [5, 5.41) is 35.0. The molecule has 0 saturated heterocycles. The van der Waals surface area contributed by atoms with Crippen molar-refractivity contribution in [3.63, 3.8) is 0 Å². The van der Waals surface area contributed by atoms with Crippen molar-refractivity contribution >= 4 is 5.84 Å². The van der Waals surface area contributed by atoms with Crippen LogP contribution < -0.4 is 5.73 Å². The van der Waals surface area contributed by atoms with Crippen molar-refractivity contribution in [2.45, 2.75) is 18.6 Å². The van der Waals surface area contributed by atoms with Gasteiger partial charge in [-0.15, -0.1) is 0 Å². The van der Waals surface area contributed by atoms with E-state index >= 15 is 0 Å². The molecule has 0 heterocycles. The second-order valence-electron chi connectivity index (χ2n) is 3.38. The maximum atomic E-state index is 9.80. The SMILES string of the molecule is N#CCC(O)C(O)c1ccccc1C(=N)N. The van der Waals surface area contributed by atoms with Crippen molar-refractivity contribution in [2.75, 3.05) is 0 Å². The highest BCUT2D eigenvalue weighted by Gasteiger charge is 2.21. The van der Waals surface area contributed by atoms with Crippen molar-refractivity contribution in [2.24, 2.45) is 5.73 Å². The number of nitrogens with one attached hydrogen (secondary N) is 1. The fraction of sp³-hybridized carbons (Fsp3) is 0.273. The monoisotopic (exact) mass is 219 g/mol. The van der Waals surface area contributed by atoms with Crippen LogP contribution >= 0.6 is 0 Å². The van der Waals surface area contributed by atoms with E-state index in [0.29, 0.717) is 11.1 Å². The predicted octanol–water partition coefficient (Wildman–Crippen LogP) is 0.279. The average Bonchev–Trinajstić information content (AvgIpc) is 2.28. The smallest absolute Gasteiger partial charge is 0.123 e. The number of aliphatic hydroxyl groups is 2. The zero-order chi connectivity index (χ0) is 12.1. The van der Waals surface area contributed by atoms with Crippen molar-refractivity contribution < 1.29 is 10.2 Å². The van der Waals surface area contributed by atoms with Gasteiger partial charge in [0.05, 0.1) is 18.6 Å². The Morgan fingerprint density at radius 3 is 2.62 bits per heavy atom. The Morgan fingerprint density at radius 1 is 1.44 bits per heavy atom. The van der Waals surface area contributed by atoms with E-state index in [1.165, 1.54) is 0 Å². The normalized spacial score (nSPS) is 13.8. The van der Waals surface area contributed by atoms with E-state index in [4.69, 9.17) is 16.4 Å². The van der Waals surface area contributed by atoms with Gasteiger partial charge in [0, 0.05) is 5.56 Å². The van der Waals surface area contributed by atoms with E-state index in [-0.39, 0.29) is 12.3 Å². The minimum Gasteiger partial charge on any atom is -0.389 e. The van der Waals surface area contributed by atoms with E-state index in [1.54, 1.807) is 30.3 Å². The summed E-state index contributed by atoms with van der Waals surface area (Å²) in [7, 11) is 0. The fourth-order valence-electron chi connectivity index (χ4n) is 1.41. The van der Waals surface area contributed by atoms with Crippen LogP contribution in [-0.4, -0.2) is 22.2 Å². The lowest BCUT2D eigenvalue weighted by atomic mass is 9.97. The number of hydrogen-bond donors (Lipinski definition) is 4. The molecule has 2 atom stereocenters. The molecule has 0 bridgehead atoms. The number of rotatable bonds is 4. The van der Waals surface area contributed by atoms with Gasteiger partial charge in [-0.3, -0.25) is 5.41 Å². The third-order valence-corrected chi connectivity index (χ3v) is 2.23. The third kappa shape index (κ3) is 2.57. The van der Waals surface area contributed by atoms with Crippen LogP contribution in [0.2, 0.25) is 0 Å². The van der Waals surface area contributed by atoms with Crippen molar-refractivity contribution in [3.8, 4) is 6.07 Å². The first-order valence-electron chi connectivity index (χ1n) is 4.74. The van der Waals surface area contributed by atoms with Gasteiger partial charge in [-0.2, -0.15) is 5.26 Å². The maximum absolute atomic E-state index is 9.80. The van der Waals surface area contributed by atoms with Crippen LogP contribution in [0.4, 0.5) is 0 Å². The van der Waals surface area contributed by atoms with Crippen LogP contribution in [-0.2, 0) is 0 Å². The molecule has 0 fully saturated rings. The minimum absolute atomic E-state index is 0.173. The number of aliphatic hydroxyl groups excluding tert-OH is 2. The Hall–Kier alpha value is -1.90. The molecule has 0 aliphatic heterocycles. The van der Waals surface area contributed by atoms with Crippen LogP contribution in [0.25, 0.3) is 0 Å². The number of nitrogens with two attached hydrogens (primary N) is 1. The molecule has 84 valence electrons. The van der Waals surface area contributed by atoms with Gasteiger partial charge >= 0.3 is 0 Å². The summed E-state index contributed by atoms with van der Waals surface area (Å²) in [5.74, 6) is -0.182. The molecule has 5 heteroatoms. The van der Waals surface area contributed by atoms with Gasteiger partial charge < -0.3 is 15.9 Å². The quantitative estimate of drug-likeness (QED) is 0.430. The fourth-order valence-corrected chi connectivity index (χ4v) is 1.41. The van der Waals surface area contributed by atoms with Gasteiger partial charge in [-0.1, -0.05) is 24.3 Å². The molecule has 0 aliphatic carbocycles. The zero-order valence-corrected chi connectivity index (χ0v) is 8.59. The molecule has 1 aromatic rings. The molecule has 0 amide bonds. The molecular formula is C11H13N3O2. The van der Waals surface area contributed by atoms with E-state index < -0.39 is 12.2 Å². The maximum Gasteiger partial charge on any atom is 0.123 e. The lowest BCUT2D eigenvalue weighted by Crippen LogP contribution is -2.22. The largest absolute Gasteiger partial charge is 0.389 e. The number of amidine groups is 1. The first-order valence-corrected chi connectivity index (χ1v) is 4.74. The molecule has 0 aromatic heterocycles. The van der Waals surface area contributed by atoms with Crippen molar-refractivity contribution in [3.05, 3.63) is 35.4 Å². The van der Waals surface area contributed by atoms with Crippen LogP contribution in [0.5, 0.6) is 0 Å². The number of benzene rings is 1. The predicted molar refractivity (Wildman–Crippen MR) is 58.7 cm³/mol. The highest BCUT2D eigenvalue weighted by molar-refractivity contribution is 5.96. The standard InChI is InChI=1S/C11H13N3O2/c12-6-5-9(15)10(16)7-3-1-2-4-8(7)11(13)14/h1-4,9-10,15-16H,5H2,(H3,13,14). The molecule has 0 radical (unpaired) electrons. The Balaban J connectivity index is 3.04. The number of nitriles is 1. The topological polar surface area (TPSA) is 114 Å². The van der Waals surface area contributed by atoms with Crippen LogP contribution in [0.1, 0.15) is 23.7 Å². The molecule has 5 nitrogen and oxygen atoms in total. The summed E-state index contributed by atoms with van der Waals surface area (Å²) in [5.41, 5.74) is 6.08. The van der Waals surface area contributed by atoms with Gasteiger partial charge in [-0.05, 0) is 5.56 Å². The lowest BCUT2D eigenvalue weighted by Gasteiger charge is -2.18. The summed E-state index contributed by atoms with van der Waals surface area (Å²) in [6.07, 6.45) is -2.56. The summed E-state index contributed by atoms with van der Waals surface area (Å²) in [6, 6.07) is 8.28. The first-order chi connectivity index (χ1) is 7.57. The summed E-state index contributed by atoms with van der Waals surface area (Å²) in [4.78, 5) is 0. The summed E-state index contributed by atoms with van der Waals surface area (Å²) >= 11 is 0. The second kappa shape index (κ2) is 5.26. The Labute approximate surface area is 93.3 Å². The van der Waals surface area contributed by atoms with Gasteiger partial charge in [0.25, 0.3) is 0 Å². The van der Waals surface area contributed by atoms with Crippen LogP contribution in [0, 0.1) is 16.7 Å². The number of hydrogen-bond acceptors (Lipinski definition) is 4. The Bertz CT molecular complexity index is 425. The molecule has 1 rings (SSSR count). The molecule has 5 N–H and O–H groups in total. The molecule has 0 aliphatic rings. The molecule has 0 saturated carbocycles. The summed E-state index contributed by atoms with van der Waals surface area (Å²) in [6.45, 7) is 0. The third-order valence-electron chi connectivity index (χ3n) is 2.23. The zero-order valence-electron chi connectivity index (χ0n) is 8.59. The van der Waals surface area contributed by atoms with Gasteiger partial charge in [0.1, 0.15) is 11.9 Å². The van der Waals surface area contributed by atoms with Crippen molar-refractivity contribution in [1.29, 1.82) is 10.7 Å². The lowest BCUT2D eigenvalue weighted by molar-refractivity contribution is 0.0215. The Morgan fingerprint density at radius 2 is 2.06 bits per heavy atom. The minimum atomic E-state index is -1.21. The molecule has 1 aromatic carbocycles. The van der Waals surface area contributed by atoms with Crippen molar-refractivity contribution in [1.82, 2.24) is 0 Å². The van der Waals surface area contributed by atoms with E-state index in [1.807, 2.05) is 0 Å². The number of nitrogen functional groups attached to an aromatic ring is 1. The molecular weight excluding hydrogens is 206 g/mol. The summed E-state index contributed by atoms with van der Waals surface area (Å²) < 4.78 is 0. The van der Waals surface area contributed by atoms with E-state index in [2.05, 4.69) is 0 Å². The molecule has 16 heavy (non-hydrogen) atoms. The van der Waals surface area contributed by atoms with Crippen LogP contribution in [0.3, 0.4) is 0 Å². The highest BCUT2D eigenvalue weighted by atomic mass is 16.3. The second-order valence-corrected chi connectivity index (χ2v) is 3.38. The van der Waals surface area contributed by atoms with E-state index in [0.717, 1.165) is 0 Å².